The fourth-order valence-electron chi connectivity index (χ4n) is 3.53. The van der Waals surface area contributed by atoms with Crippen molar-refractivity contribution in [3.63, 3.8) is 0 Å². The van der Waals surface area contributed by atoms with Crippen molar-refractivity contribution in [3.05, 3.63) is 60.2 Å². The third-order valence-electron chi connectivity index (χ3n) is 4.70. The zero-order valence-electron chi connectivity index (χ0n) is 13.7. The van der Waals surface area contributed by atoms with Gasteiger partial charge in [-0.05, 0) is 17.7 Å². The van der Waals surface area contributed by atoms with E-state index in [1.54, 1.807) is 9.80 Å². The molecule has 2 N–H and O–H groups in total. The number of amides is 3. The van der Waals surface area contributed by atoms with Crippen LogP contribution >= 0.6 is 0 Å². The van der Waals surface area contributed by atoms with Gasteiger partial charge in [-0.25, -0.2) is 4.79 Å². The number of ether oxygens (including phenoxy) is 1. The molecule has 1 saturated heterocycles. The van der Waals surface area contributed by atoms with E-state index in [0.29, 0.717) is 18.8 Å². The number of rotatable bonds is 4. The van der Waals surface area contributed by atoms with Crippen LogP contribution in [0.4, 0.5) is 10.5 Å². The number of anilines is 1. The number of benzene rings is 2. The number of para-hydroxylation sites is 2. The molecule has 128 valence electrons. The number of primary amides is 1. The van der Waals surface area contributed by atoms with Crippen LogP contribution in [0, 0.1) is 0 Å². The summed E-state index contributed by atoms with van der Waals surface area (Å²) in [5.41, 5.74) is 7.04. The van der Waals surface area contributed by atoms with Crippen molar-refractivity contribution in [2.45, 2.75) is 18.6 Å². The Hall–Kier alpha value is -3.02. The molecular weight excluding hydrogens is 318 g/mol. The van der Waals surface area contributed by atoms with Crippen LogP contribution in [0.2, 0.25) is 0 Å². The van der Waals surface area contributed by atoms with Gasteiger partial charge in [-0.3, -0.25) is 9.69 Å². The number of carbonyl (C=O) groups excluding carboxylic acids is 2. The van der Waals surface area contributed by atoms with E-state index < -0.39 is 5.91 Å². The van der Waals surface area contributed by atoms with E-state index in [-0.39, 0.29) is 24.6 Å². The molecule has 0 aromatic heterocycles. The first-order valence-electron chi connectivity index (χ1n) is 8.32. The third-order valence-corrected chi connectivity index (χ3v) is 4.70. The number of nitrogens with two attached hydrogens (primary N) is 1. The van der Waals surface area contributed by atoms with Gasteiger partial charge in [-0.2, -0.15) is 0 Å². The van der Waals surface area contributed by atoms with Gasteiger partial charge in [0.1, 0.15) is 11.9 Å². The van der Waals surface area contributed by atoms with Crippen molar-refractivity contribution in [1.29, 1.82) is 0 Å². The summed E-state index contributed by atoms with van der Waals surface area (Å²) in [5.74, 6) is 0.284. The molecule has 4 rings (SSSR count). The Bertz CT molecular complexity index is 809. The molecule has 2 aromatic rings. The minimum atomic E-state index is -0.408. The quantitative estimate of drug-likeness (QED) is 0.930. The first-order valence-corrected chi connectivity index (χ1v) is 8.32. The average Bonchev–Trinajstić information content (AvgIpc) is 2.97. The number of nitrogens with zero attached hydrogens (tertiary/aromatic N) is 2. The Balaban J connectivity index is 1.71. The van der Waals surface area contributed by atoms with Gasteiger partial charge in [0, 0.05) is 19.5 Å². The lowest BCUT2D eigenvalue weighted by molar-refractivity contribution is -0.118. The molecule has 0 aliphatic carbocycles. The normalized spacial score (nSPS) is 21.5. The minimum absolute atomic E-state index is 0.108. The van der Waals surface area contributed by atoms with E-state index in [1.807, 2.05) is 54.6 Å². The number of carbonyl (C=O) groups is 2. The molecule has 2 atom stereocenters. The third kappa shape index (κ3) is 2.69. The Kier molecular flexibility index (Phi) is 3.80. The highest BCUT2D eigenvalue weighted by molar-refractivity contribution is 5.97. The predicted molar refractivity (Wildman–Crippen MR) is 93.3 cm³/mol. The summed E-state index contributed by atoms with van der Waals surface area (Å²) in [5, 5.41) is 0. The summed E-state index contributed by atoms with van der Waals surface area (Å²) in [6.07, 6.45) is -0.0937. The molecular formula is C19H19N3O3. The van der Waals surface area contributed by atoms with E-state index >= 15 is 0 Å². The molecule has 25 heavy (non-hydrogen) atoms. The lowest BCUT2D eigenvalue weighted by Gasteiger charge is -2.37. The van der Waals surface area contributed by atoms with E-state index in [2.05, 4.69) is 0 Å². The topological polar surface area (TPSA) is 75.9 Å². The second-order valence-corrected chi connectivity index (χ2v) is 6.30. The summed E-state index contributed by atoms with van der Waals surface area (Å²) in [4.78, 5) is 27.5. The molecule has 0 bridgehead atoms. The Morgan fingerprint density at radius 1 is 1.12 bits per heavy atom. The highest BCUT2D eigenvalue weighted by Gasteiger charge is 2.47. The van der Waals surface area contributed by atoms with Crippen LogP contribution in [-0.2, 0) is 4.79 Å². The van der Waals surface area contributed by atoms with Crippen LogP contribution in [0.25, 0.3) is 0 Å². The molecule has 6 heteroatoms. The van der Waals surface area contributed by atoms with Crippen LogP contribution in [0.3, 0.4) is 0 Å². The highest BCUT2D eigenvalue weighted by atomic mass is 16.5. The van der Waals surface area contributed by atoms with Gasteiger partial charge in [0.15, 0.2) is 0 Å². The average molecular weight is 337 g/mol. The maximum absolute atomic E-state index is 12.9. The maximum Gasteiger partial charge on any atom is 0.325 e. The number of urea groups is 1. The molecule has 0 spiro atoms. The second kappa shape index (κ2) is 6.12. The second-order valence-electron chi connectivity index (χ2n) is 6.30. The minimum Gasteiger partial charge on any atom is -0.481 e. The van der Waals surface area contributed by atoms with Gasteiger partial charge in [0.2, 0.25) is 5.91 Å². The van der Waals surface area contributed by atoms with Crippen LogP contribution in [0.1, 0.15) is 18.1 Å². The lowest BCUT2D eigenvalue weighted by Crippen LogP contribution is -2.43. The standard InChI is InChI=1S/C19H19N3O3/c20-17(23)10-11-21-12-15-18(13-6-2-1-3-7-13)25-16-9-5-4-8-14(16)22(15)19(21)24/h1-9,15,18H,10-12H2,(H2,20,23). The van der Waals surface area contributed by atoms with Crippen LogP contribution in [-0.4, -0.2) is 36.0 Å². The van der Waals surface area contributed by atoms with Crippen molar-refractivity contribution < 1.29 is 14.3 Å². The fourth-order valence-corrected chi connectivity index (χ4v) is 3.53. The van der Waals surface area contributed by atoms with Gasteiger partial charge < -0.3 is 15.4 Å². The monoisotopic (exact) mass is 337 g/mol. The molecule has 0 saturated carbocycles. The zero-order chi connectivity index (χ0) is 17.4. The SMILES string of the molecule is NC(=O)CCN1CC2C(c3ccccc3)Oc3ccccc3N2C1=O. The van der Waals surface area contributed by atoms with Gasteiger partial charge in [-0.15, -0.1) is 0 Å². The van der Waals surface area contributed by atoms with Crippen molar-refractivity contribution >= 4 is 17.6 Å². The van der Waals surface area contributed by atoms with Gasteiger partial charge in [0.05, 0.1) is 11.7 Å². The van der Waals surface area contributed by atoms with E-state index in [1.165, 1.54) is 0 Å². The Labute approximate surface area is 145 Å². The van der Waals surface area contributed by atoms with Crippen molar-refractivity contribution in [3.8, 4) is 5.75 Å². The Morgan fingerprint density at radius 3 is 2.60 bits per heavy atom. The van der Waals surface area contributed by atoms with E-state index in [9.17, 15) is 9.59 Å². The largest absolute Gasteiger partial charge is 0.481 e. The highest BCUT2D eigenvalue weighted by Crippen LogP contribution is 2.44. The molecule has 2 aromatic carbocycles. The van der Waals surface area contributed by atoms with E-state index in [4.69, 9.17) is 10.5 Å². The number of hydrogen-bond acceptors (Lipinski definition) is 3. The maximum atomic E-state index is 12.9. The lowest BCUT2D eigenvalue weighted by atomic mass is 9.99. The van der Waals surface area contributed by atoms with Crippen LogP contribution < -0.4 is 15.4 Å². The van der Waals surface area contributed by atoms with Crippen LogP contribution in [0.5, 0.6) is 5.75 Å². The van der Waals surface area contributed by atoms with Crippen LogP contribution in [0.15, 0.2) is 54.6 Å². The number of hydrogen-bond donors (Lipinski definition) is 1. The smallest absolute Gasteiger partial charge is 0.325 e. The zero-order valence-corrected chi connectivity index (χ0v) is 13.7. The Morgan fingerprint density at radius 2 is 1.84 bits per heavy atom. The number of fused-ring (bicyclic) bond motifs is 3. The van der Waals surface area contributed by atoms with Crippen molar-refractivity contribution in [1.82, 2.24) is 4.90 Å². The van der Waals surface area contributed by atoms with E-state index in [0.717, 1.165) is 11.3 Å². The molecule has 3 amide bonds. The molecule has 6 nitrogen and oxygen atoms in total. The first kappa shape index (κ1) is 15.5. The molecule has 2 aliphatic rings. The van der Waals surface area contributed by atoms with Crippen molar-refractivity contribution in [2.24, 2.45) is 5.73 Å². The molecule has 2 aliphatic heterocycles. The summed E-state index contributed by atoms with van der Waals surface area (Å²) in [6, 6.07) is 17.2. The first-order chi connectivity index (χ1) is 12.1. The molecule has 0 radical (unpaired) electrons. The molecule has 1 fully saturated rings. The van der Waals surface area contributed by atoms with Gasteiger partial charge in [-0.1, -0.05) is 42.5 Å². The predicted octanol–water partition coefficient (Wildman–Crippen LogP) is 2.31. The van der Waals surface area contributed by atoms with Crippen molar-refractivity contribution in [2.75, 3.05) is 18.0 Å². The summed E-state index contributed by atoms with van der Waals surface area (Å²) in [7, 11) is 0. The molecule has 2 unspecified atom stereocenters. The molecule has 2 heterocycles. The summed E-state index contributed by atoms with van der Waals surface area (Å²) < 4.78 is 6.24. The summed E-state index contributed by atoms with van der Waals surface area (Å²) >= 11 is 0. The van der Waals surface area contributed by atoms with Gasteiger partial charge in [0.25, 0.3) is 0 Å². The summed E-state index contributed by atoms with van der Waals surface area (Å²) in [6.45, 7) is 0.824. The van der Waals surface area contributed by atoms with Gasteiger partial charge >= 0.3 is 6.03 Å². The fraction of sp³-hybridized carbons (Fsp3) is 0.263.